The maximum Gasteiger partial charge on any atom is 0.186 e. The maximum absolute atomic E-state index is 9.40. The minimum atomic E-state index is -1.21. The van der Waals surface area contributed by atoms with Crippen LogP contribution in [0.3, 0.4) is 0 Å². The van der Waals surface area contributed by atoms with Crippen molar-refractivity contribution in [3.63, 3.8) is 0 Å². The van der Waals surface area contributed by atoms with E-state index in [0.717, 1.165) is 0 Å². The summed E-state index contributed by atoms with van der Waals surface area (Å²) in [5.41, 5.74) is 0. The Bertz CT molecular complexity index is 163. The zero-order valence-electron chi connectivity index (χ0n) is 7.75. The van der Waals surface area contributed by atoms with Gasteiger partial charge in [-0.1, -0.05) is 0 Å². The van der Waals surface area contributed by atoms with Gasteiger partial charge < -0.3 is 24.8 Å². The SMILES string of the molecule is CCO[C@H]1O[C@@H](C)[C@H](O)[C@@H](O)[C@H]1O. The van der Waals surface area contributed by atoms with Crippen molar-refractivity contribution in [1.29, 1.82) is 0 Å². The molecular weight excluding hydrogens is 176 g/mol. The first-order valence-corrected chi connectivity index (χ1v) is 4.39. The molecule has 78 valence electrons. The summed E-state index contributed by atoms with van der Waals surface area (Å²) in [6, 6.07) is 0. The van der Waals surface area contributed by atoms with Gasteiger partial charge in [0.15, 0.2) is 6.29 Å². The van der Waals surface area contributed by atoms with Crippen LogP contribution in [0.15, 0.2) is 0 Å². The number of hydrogen-bond acceptors (Lipinski definition) is 5. The van der Waals surface area contributed by atoms with E-state index in [0.29, 0.717) is 6.61 Å². The monoisotopic (exact) mass is 192 g/mol. The second-order valence-corrected chi connectivity index (χ2v) is 3.14. The summed E-state index contributed by atoms with van der Waals surface area (Å²) in [7, 11) is 0. The molecule has 1 saturated heterocycles. The molecule has 5 nitrogen and oxygen atoms in total. The van der Waals surface area contributed by atoms with Crippen LogP contribution >= 0.6 is 0 Å². The van der Waals surface area contributed by atoms with Crippen LogP contribution in [-0.2, 0) is 9.47 Å². The maximum atomic E-state index is 9.40. The molecule has 5 atom stereocenters. The van der Waals surface area contributed by atoms with Crippen LogP contribution in [-0.4, -0.2) is 52.6 Å². The summed E-state index contributed by atoms with van der Waals surface area (Å²) in [5, 5.41) is 28.1. The molecule has 0 spiro atoms. The molecule has 0 aromatic heterocycles. The lowest BCUT2D eigenvalue weighted by molar-refractivity contribution is -0.291. The highest BCUT2D eigenvalue weighted by Gasteiger charge is 2.42. The number of aliphatic hydroxyl groups is 3. The third-order valence-electron chi connectivity index (χ3n) is 2.14. The third-order valence-corrected chi connectivity index (χ3v) is 2.14. The average Bonchev–Trinajstić information content (AvgIpc) is 2.11. The van der Waals surface area contributed by atoms with E-state index in [4.69, 9.17) is 9.47 Å². The van der Waals surface area contributed by atoms with Gasteiger partial charge >= 0.3 is 0 Å². The van der Waals surface area contributed by atoms with Gasteiger partial charge in [0.2, 0.25) is 0 Å². The fraction of sp³-hybridized carbons (Fsp3) is 1.00. The van der Waals surface area contributed by atoms with Crippen LogP contribution in [0.4, 0.5) is 0 Å². The Hall–Kier alpha value is -0.200. The lowest BCUT2D eigenvalue weighted by Gasteiger charge is -2.38. The summed E-state index contributed by atoms with van der Waals surface area (Å²) >= 11 is 0. The van der Waals surface area contributed by atoms with Crippen LogP contribution in [0.5, 0.6) is 0 Å². The molecule has 3 N–H and O–H groups in total. The Balaban J connectivity index is 2.59. The van der Waals surface area contributed by atoms with E-state index in [1.165, 1.54) is 0 Å². The van der Waals surface area contributed by atoms with Gasteiger partial charge in [-0.25, -0.2) is 0 Å². The molecule has 0 unspecified atom stereocenters. The molecule has 0 aromatic carbocycles. The lowest BCUT2D eigenvalue weighted by atomic mass is 10.0. The van der Waals surface area contributed by atoms with Crippen LogP contribution in [0.1, 0.15) is 13.8 Å². The predicted molar refractivity (Wildman–Crippen MR) is 44.0 cm³/mol. The lowest BCUT2D eigenvalue weighted by Crippen LogP contribution is -2.57. The van der Waals surface area contributed by atoms with Crippen molar-refractivity contribution in [2.75, 3.05) is 6.61 Å². The van der Waals surface area contributed by atoms with Crippen LogP contribution in [0.25, 0.3) is 0 Å². The van der Waals surface area contributed by atoms with E-state index in [9.17, 15) is 15.3 Å². The van der Waals surface area contributed by atoms with E-state index in [2.05, 4.69) is 0 Å². The Labute approximate surface area is 76.9 Å². The van der Waals surface area contributed by atoms with Crippen LogP contribution in [0, 0.1) is 0 Å². The zero-order valence-corrected chi connectivity index (χ0v) is 7.75. The second-order valence-electron chi connectivity index (χ2n) is 3.14. The van der Waals surface area contributed by atoms with E-state index in [1.54, 1.807) is 13.8 Å². The molecule has 1 rings (SSSR count). The Kier molecular flexibility index (Phi) is 3.63. The summed E-state index contributed by atoms with van der Waals surface area (Å²) in [6.07, 6.45) is -4.84. The third kappa shape index (κ3) is 2.18. The minimum absolute atomic E-state index is 0.386. The van der Waals surface area contributed by atoms with Gasteiger partial charge in [0.25, 0.3) is 0 Å². The molecule has 0 amide bonds. The molecule has 0 radical (unpaired) electrons. The summed E-state index contributed by atoms with van der Waals surface area (Å²) in [4.78, 5) is 0. The van der Waals surface area contributed by atoms with E-state index in [-0.39, 0.29) is 0 Å². The van der Waals surface area contributed by atoms with Crippen LogP contribution < -0.4 is 0 Å². The Morgan fingerprint density at radius 2 is 1.77 bits per heavy atom. The molecule has 0 bridgehead atoms. The van der Waals surface area contributed by atoms with Crippen molar-refractivity contribution >= 4 is 0 Å². The highest BCUT2D eigenvalue weighted by Crippen LogP contribution is 2.21. The highest BCUT2D eigenvalue weighted by atomic mass is 16.7. The average molecular weight is 192 g/mol. The Morgan fingerprint density at radius 1 is 1.15 bits per heavy atom. The Morgan fingerprint density at radius 3 is 2.31 bits per heavy atom. The van der Waals surface area contributed by atoms with Gasteiger partial charge in [0.05, 0.1) is 6.10 Å². The van der Waals surface area contributed by atoms with Crippen LogP contribution in [0.2, 0.25) is 0 Å². The van der Waals surface area contributed by atoms with Crippen molar-refractivity contribution in [1.82, 2.24) is 0 Å². The molecule has 13 heavy (non-hydrogen) atoms. The molecule has 0 saturated carbocycles. The fourth-order valence-corrected chi connectivity index (χ4v) is 1.32. The standard InChI is InChI=1S/C8H16O5/c1-3-12-8-7(11)6(10)5(9)4(2)13-8/h4-11H,3H2,1-2H3/t4-,5-,6+,7+,8-/m0/s1. The molecule has 0 aromatic rings. The topological polar surface area (TPSA) is 79.2 Å². The number of aliphatic hydroxyl groups excluding tert-OH is 3. The molecule has 1 heterocycles. The molecule has 1 aliphatic heterocycles. The predicted octanol–water partition coefficient (Wildman–Crippen LogP) is -1.15. The van der Waals surface area contributed by atoms with Gasteiger partial charge in [-0.05, 0) is 13.8 Å². The molecule has 5 heteroatoms. The first kappa shape index (κ1) is 10.9. The summed E-state index contributed by atoms with van der Waals surface area (Å²) in [6.45, 7) is 3.77. The van der Waals surface area contributed by atoms with Gasteiger partial charge in [0, 0.05) is 6.61 Å². The minimum Gasteiger partial charge on any atom is -0.388 e. The number of hydrogen-bond donors (Lipinski definition) is 3. The fourth-order valence-electron chi connectivity index (χ4n) is 1.32. The first-order valence-electron chi connectivity index (χ1n) is 4.39. The number of ether oxygens (including phenoxy) is 2. The van der Waals surface area contributed by atoms with Gasteiger partial charge in [-0.2, -0.15) is 0 Å². The van der Waals surface area contributed by atoms with E-state index in [1.807, 2.05) is 0 Å². The first-order chi connectivity index (χ1) is 6.07. The van der Waals surface area contributed by atoms with Crippen molar-refractivity contribution < 1.29 is 24.8 Å². The zero-order chi connectivity index (χ0) is 10.0. The second kappa shape index (κ2) is 4.34. The number of rotatable bonds is 2. The van der Waals surface area contributed by atoms with Crippen molar-refractivity contribution in [2.24, 2.45) is 0 Å². The molecule has 1 fully saturated rings. The van der Waals surface area contributed by atoms with E-state index < -0.39 is 30.7 Å². The summed E-state index contributed by atoms with van der Waals surface area (Å²) < 4.78 is 10.2. The quantitative estimate of drug-likeness (QED) is 0.515. The normalized spacial score (nSPS) is 46.4. The largest absolute Gasteiger partial charge is 0.388 e. The van der Waals surface area contributed by atoms with Crippen molar-refractivity contribution in [2.45, 2.75) is 44.6 Å². The van der Waals surface area contributed by atoms with Gasteiger partial charge in [-0.15, -0.1) is 0 Å². The molecule has 0 aliphatic carbocycles. The molecular formula is C8H16O5. The van der Waals surface area contributed by atoms with Gasteiger partial charge in [-0.3, -0.25) is 0 Å². The van der Waals surface area contributed by atoms with Crippen molar-refractivity contribution in [3.8, 4) is 0 Å². The smallest absolute Gasteiger partial charge is 0.186 e. The van der Waals surface area contributed by atoms with Gasteiger partial charge in [0.1, 0.15) is 18.3 Å². The molecule has 1 aliphatic rings. The van der Waals surface area contributed by atoms with Crippen molar-refractivity contribution in [3.05, 3.63) is 0 Å². The van der Waals surface area contributed by atoms with E-state index >= 15 is 0 Å². The highest BCUT2D eigenvalue weighted by molar-refractivity contribution is 4.86. The summed E-state index contributed by atoms with van der Waals surface area (Å²) in [5.74, 6) is 0.